The molecule has 1 fully saturated rings. The Morgan fingerprint density at radius 1 is 1.50 bits per heavy atom. The highest BCUT2D eigenvalue weighted by atomic mass is 19.1. The zero-order chi connectivity index (χ0) is 14.9. The average Bonchev–Trinajstić information content (AvgIpc) is 2.88. The maximum Gasteiger partial charge on any atom is 0.308 e. The van der Waals surface area contributed by atoms with E-state index in [0.717, 1.165) is 0 Å². The number of nitrogens with two attached hydrogens (primary N) is 1. The van der Waals surface area contributed by atoms with Crippen LogP contribution in [0, 0.1) is 27.7 Å². The first-order valence-electron chi connectivity index (χ1n) is 6.06. The van der Waals surface area contributed by atoms with Crippen molar-refractivity contribution >= 4 is 11.6 Å². The zero-order valence-electron chi connectivity index (χ0n) is 10.5. The molecule has 1 aromatic carbocycles. The molecule has 0 aliphatic carbocycles. The molecule has 0 spiro atoms. The van der Waals surface area contributed by atoms with Crippen LogP contribution in [0.1, 0.15) is 16.8 Å². The number of halogens is 2. The normalized spacial score (nSPS) is 18.4. The van der Waals surface area contributed by atoms with Crippen LogP contribution in [0.2, 0.25) is 0 Å². The second-order valence-electron chi connectivity index (χ2n) is 4.69. The van der Waals surface area contributed by atoms with Gasteiger partial charge in [0.05, 0.1) is 16.6 Å². The smallest absolute Gasteiger partial charge is 0.308 e. The molecule has 20 heavy (non-hydrogen) atoms. The maximum absolute atomic E-state index is 13.9. The topological polar surface area (TPSA) is 89.5 Å². The summed E-state index contributed by atoms with van der Waals surface area (Å²) in [6, 6.07) is 1.14. The Hall–Kier alpha value is -2.09. The third-order valence-corrected chi connectivity index (χ3v) is 3.35. The number of amides is 1. The number of nitro groups is 1. The summed E-state index contributed by atoms with van der Waals surface area (Å²) < 4.78 is 27.2. The molecule has 1 unspecified atom stereocenters. The van der Waals surface area contributed by atoms with Gasteiger partial charge in [0.2, 0.25) is 5.82 Å². The van der Waals surface area contributed by atoms with Crippen LogP contribution in [-0.4, -0.2) is 35.4 Å². The molecule has 1 heterocycles. The van der Waals surface area contributed by atoms with E-state index in [0.29, 0.717) is 38.2 Å². The molecule has 0 radical (unpaired) electrons. The van der Waals surface area contributed by atoms with Gasteiger partial charge >= 0.3 is 5.69 Å². The lowest BCUT2D eigenvalue weighted by molar-refractivity contribution is -0.387. The number of nitrogens with zero attached hydrogens (tertiary/aromatic N) is 2. The van der Waals surface area contributed by atoms with Crippen molar-refractivity contribution in [2.24, 2.45) is 11.7 Å². The van der Waals surface area contributed by atoms with Crippen molar-refractivity contribution in [1.82, 2.24) is 4.90 Å². The molecule has 1 aromatic rings. The lowest BCUT2D eigenvalue weighted by atomic mass is 10.1. The number of hydrogen-bond donors (Lipinski definition) is 1. The number of likely N-dealkylation sites (tertiary alicyclic amines) is 1. The SMILES string of the molecule is NCC1CCN(C(=O)c2cc(F)cc([N+](=O)[O-])c2F)C1. The highest BCUT2D eigenvalue weighted by Gasteiger charge is 2.31. The van der Waals surface area contributed by atoms with E-state index in [9.17, 15) is 23.7 Å². The summed E-state index contributed by atoms with van der Waals surface area (Å²) in [5.74, 6) is -2.96. The summed E-state index contributed by atoms with van der Waals surface area (Å²) in [6.07, 6.45) is 0.682. The molecule has 0 aromatic heterocycles. The number of rotatable bonds is 3. The van der Waals surface area contributed by atoms with E-state index in [1.54, 1.807) is 0 Å². The largest absolute Gasteiger partial charge is 0.338 e. The van der Waals surface area contributed by atoms with Crippen LogP contribution in [0.25, 0.3) is 0 Å². The molecule has 1 atom stereocenters. The molecule has 6 nitrogen and oxygen atoms in total. The Kier molecular flexibility index (Phi) is 3.93. The Labute approximate surface area is 113 Å². The van der Waals surface area contributed by atoms with Crippen molar-refractivity contribution in [1.29, 1.82) is 0 Å². The first-order valence-corrected chi connectivity index (χ1v) is 6.06. The van der Waals surface area contributed by atoms with Gasteiger partial charge in [0.25, 0.3) is 5.91 Å². The third kappa shape index (κ3) is 2.60. The summed E-state index contributed by atoms with van der Waals surface area (Å²) in [7, 11) is 0. The van der Waals surface area contributed by atoms with Crippen molar-refractivity contribution in [2.75, 3.05) is 19.6 Å². The molecule has 1 saturated heterocycles. The van der Waals surface area contributed by atoms with Crippen molar-refractivity contribution in [2.45, 2.75) is 6.42 Å². The van der Waals surface area contributed by atoms with E-state index in [2.05, 4.69) is 0 Å². The van der Waals surface area contributed by atoms with Crippen LogP contribution in [0.3, 0.4) is 0 Å². The van der Waals surface area contributed by atoms with Gasteiger partial charge in [0.15, 0.2) is 0 Å². The molecular weight excluding hydrogens is 272 g/mol. The van der Waals surface area contributed by atoms with E-state index in [-0.39, 0.29) is 5.92 Å². The molecule has 0 bridgehead atoms. The molecule has 108 valence electrons. The van der Waals surface area contributed by atoms with Gasteiger partial charge in [-0.3, -0.25) is 14.9 Å². The van der Waals surface area contributed by atoms with E-state index in [1.807, 2.05) is 0 Å². The van der Waals surface area contributed by atoms with Crippen molar-refractivity contribution in [3.63, 3.8) is 0 Å². The quantitative estimate of drug-likeness (QED) is 0.669. The number of hydrogen-bond acceptors (Lipinski definition) is 4. The second kappa shape index (κ2) is 5.49. The molecule has 0 saturated carbocycles. The third-order valence-electron chi connectivity index (χ3n) is 3.35. The van der Waals surface area contributed by atoms with Crippen LogP contribution in [-0.2, 0) is 0 Å². The van der Waals surface area contributed by atoms with E-state index in [4.69, 9.17) is 5.73 Å². The van der Waals surface area contributed by atoms with Gasteiger partial charge in [-0.2, -0.15) is 4.39 Å². The highest BCUT2D eigenvalue weighted by molar-refractivity contribution is 5.95. The molecule has 2 N–H and O–H groups in total. The van der Waals surface area contributed by atoms with Crippen LogP contribution in [0.15, 0.2) is 12.1 Å². The van der Waals surface area contributed by atoms with Gasteiger partial charge in [-0.15, -0.1) is 0 Å². The summed E-state index contributed by atoms with van der Waals surface area (Å²) in [6.45, 7) is 1.12. The van der Waals surface area contributed by atoms with Crippen LogP contribution in [0.4, 0.5) is 14.5 Å². The predicted molar refractivity (Wildman–Crippen MR) is 66.1 cm³/mol. The van der Waals surface area contributed by atoms with E-state index in [1.165, 1.54) is 4.90 Å². The van der Waals surface area contributed by atoms with Crippen LogP contribution in [0.5, 0.6) is 0 Å². The molecule has 2 rings (SSSR count). The average molecular weight is 285 g/mol. The van der Waals surface area contributed by atoms with Crippen LogP contribution >= 0.6 is 0 Å². The highest BCUT2D eigenvalue weighted by Crippen LogP contribution is 2.25. The fraction of sp³-hybridized carbons (Fsp3) is 0.417. The van der Waals surface area contributed by atoms with Crippen LogP contribution < -0.4 is 5.73 Å². The lowest BCUT2D eigenvalue weighted by Crippen LogP contribution is -2.30. The van der Waals surface area contributed by atoms with E-state index >= 15 is 0 Å². The molecule has 1 amide bonds. The molecule has 1 aliphatic heterocycles. The molecule has 8 heteroatoms. The van der Waals surface area contributed by atoms with E-state index < -0.39 is 33.7 Å². The minimum absolute atomic E-state index is 0.116. The Morgan fingerprint density at radius 2 is 2.20 bits per heavy atom. The fourth-order valence-electron chi connectivity index (χ4n) is 2.24. The van der Waals surface area contributed by atoms with Gasteiger partial charge in [-0.05, 0) is 24.9 Å². The van der Waals surface area contributed by atoms with Gasteiger partial charge in [0.1, 0.15) is 5.82 Å². The minimum atomic E-state index is -1.31. The number of carbonyl (C=O) groups is 1. The summed E-state index contributed by atoms with van der Waals surface area (Å²) in [4.78, 5) is 23.0. The number of nitro benzene ring substituents is 1. The number of benzene rings is 1. The monoisotopic (exact) mass is 285 g/mol. The van der Waals surface area contributed by atoms with Crippen molar-refractivity contribution in [3.05, 3.63) is 39.4 Å². The summed E-state index contributed by atoms with van der Waals surface area (Å²) >= 11 is 0. The maximum atomic E-state index is 13.9. The Balaban J connectivity index is 2.33. The fourth-order valence-corrected chi connectivity index (χ4v) is 2.24. The zero-order valence-corrected chi connectivity index (χ0v) is 10.5. The van der Waals surface area contributed by atoms with Gasteiger partial charge in [-0.1, -0.05) is 0 Å². The van der Waals surface area contributed by atoms with Gasteiger partial charge in [-0.25, -0.2) is 4.39 Å². The van der Waals surface area contributed by atoms with Crippen molar-refractivity contribution in [3.8, 4) is 0 Å². The lowest BCUT2D eigenvalue weighted by Gasteiger charge is -2.16. The summed E-state index contributed by atoms with van der Waals surface area (Å²) in [5.41, 5.74) is 3.84. The minimum Gasteiger partial charge on any atom is -0.338 e. The van der Waals surface area contributed by atoms with Gasteiger partial charge in [0, 0.05) is 13.1 Å². The predicted octanol–water partition coefficient (Wildman–Crippen LogP) is 1.29. The Morgan fingerprint density at radius 3 is 2.75 bits per heavy atom. The molecular formula is C12H13F2N3O3. The van der Waals surface area contributed by atoms with Gasteiger partial charge < -0.3 is 10.6 Å². The standard InChI is InChI=1S/C12H13F2N3O3/c13-8-3-9(11(14)10(4-8)17(19)20)12(18)16-2-1-7(5-15)6-16/h3-4,7H,1-2,5-6,15H2. The first-order chi connectivity index (χ1) is 9.43. The first kappa shape index (κ1) is 14.3. The van der Waals surface area contributed by atoms with Crippen molar-refractivity contribution < 1.29 is 18.5 Å². The second-order valence-corrected chi connectivity index (χ2v) is 4.69. The number of carbonyl (C=O) groups excluding carboxylic acids is 1. The Bertz CT molecular complexity index is 565. The summed E-state index contributed by atoms with van der Waals surface area (Å²) in [5, 5.41) is 10.6. The molecule has 1 aliphatic rings.